The minimum atomic E-state index is -0.575. The topological polar surface area (TPSA) is 12.0 Å². The summed E-state index contributed by atoms with van der Waals surface area (Å²) in [6.45, 7) is 0. The second kappa shape index (κ2) is 5.21. The summed E-state index contributed by atoms with van der Waals surface area (Å²) in [6.07, 6.45) is 2.30. The molecule has 1 aliphatic rings. The second-order valence-corrected chi connectivity index (χ2v) is 6.55. The van der Waals surface area contributed by atoms with Gasteiger partial charge < -0.3 is 5.32 Å². The van der Waals surface area contributed by atoms with Gasteiger partial charge in [-0.25, -0.2) is 8.78 Å². The molecule has 1 fully saturated rings. The number of hydrogen-bond acceptors (Lipinski definition) is 2. The maximum absolute atomic E-state index is 13.9. The maximum Gasteiger partial charge on any atom is 0.150 e. The summed E-state index contributed by atoms with van der Waals surface area (Å²) in [5.41, 5.74) is 0.340. The fourth-order valence-electron chi connectivity index (χ4n) is 2.15. The number of nitrogens with one attached hydrogen (secondary N) is 1. The van der Waals surface area contributed by atoms with Gasteiger partial charge in [-0.2, -0.15) is 0 Å². The van der Waals surface area contributed by atoms with E-state index in [-0.39, 0.29) is 6.04 Å². The normalized spacial score (nSPS) is 16.4. The molecule has 1 nitrogen and oxygen atoms in total. The third-order valence-corrected chi connectivity index (χ3v) is 4.83. The summed E-state index contributed by atoms with van der Waals surface area (Å²) in [5, 5.41) is 5.25. The third kappa shape index (κ3) is 2.82. The molecule has 100 valence electrons. The molecule has 1 atom stereocenters. The third-order valence-electron chi connectivity index (χ3n) is 3.25. The van der Waals surface area contributed by atoms with Gasteiger partial charge in [0.15, 0.2) is 0 Å². The molecule has 1 saturated carbocycles. The van der Waals surface area contributed by atoms with Crippen molar-refractivity contribution in [3.8, 4) is 0 Å². The molecule has 5 heteroatoms. The van der Waals surface area contributed by atoms with E-state index in [4.69, 9.17) is 0 Å². The largest absolute Gasteiger partial charge is 0.374 e. The smallest absolute Gasteiger partial charge is 0.150 e. The number of thiophene rings is 1. The summed E-state index contributed by atoms with van der Waals surface area (Å²) in [5.74, 6) is -0.599. The van der Waals surface area contributed by atoms with E-state index in [9.17, 15) is 8.78 Å². The van der Waals surface area contributed by atoms with Crippen molar-refractivity contribution in [1.82, 2.24) is 0 Å². The minimum absolute atomic E-state index is 0.108. The van der Waals surface area contributed by atoms with Crippen LogP contribution in [0.1, 0.15) is 23.8 Å². The van der Waals surface area contributed by atoms with Crippen molar-refractivity contribution in [3.63, 3.8) is 0 Å². The molecule has 0 radical (unpaired) electrons. The molecular formula is C14H12BrF2NS. The fourth-order valence-corrected chi connectivity index (χ4v) is 3.55. The molecule has 0 saturated heterocycles. The van der Waals surface area contributed by atoms with E-state index in [0.717, 1.165) is 18.9 Å². The van der Waals surface area contributed by atoms with Crippen LogP contribution in [0.15, 0.2) is 34.1 Å². The Bertz CT molecular complexity index is 558. The van der Waals surface area contributed by atoms with Crippen molar-refractivity contribution in [2.75, 3.05) is 5.32 Å². The average molecular weight is 344 g/mol. The van der Waals surface area contributed by atoms with Gasteiger partial charge in [-0.1, -0.05) is 6.07 Å². The minimum Gasteiger partial charge on any atom is -0.374 e. The highest BCUT2D eigenvalue weighted by Crippen LogP contribution is 2.45. The zero-order chi connectivity index (χ0) is 13.4. The highest BCUT2D eigenvalue weighted by Gasteiger charge is 2.33. The summed E-state index contributed by atoms with van der Waals surface area (Å²) in [7, 11) is 0. The number of hydrogen-bond donors (Lipinski definition) is 1. The van der Waals surface area contributed by atoms with Crippen LogP contribution < -0.4 is 5.32 Å². The number of anilines is 1. The second-order valence-electron chi connectivity index (χ2n) is 4.72. The van der Waals surface area contributed by atoms with Crippen LogP contribution in [0.25, 0.3) is 0 Å². The maximum atomic E-state index is 13.9. The van der Waals surface area contributed by atoms with Crippen molar-refractivity contribution >= 4 is 33.0 Å². The van der Waals surface area contributed by atoms with Crippen LogP contribution in [0.5, 0.6) is 0 Å². The monoisotopic (exact) mass is 343 g/mol. The molecule has 1 unspecified atom stereocenters. The predicted molar refractivity (Wildman–Crippen MR) is 77.5 cm³/mol. The molecule has 3 rings (SSSR count). The Balaban J connectivity index is 1.91. The van der Waals surface area contributed by atoms with Crippen LogP contribution in [0.3, 0.4) is 0 Å². The summed E-state index contributed by atoms with van der Waals surface area (Å²) < 4.78 is 27.4. The highest BCUT2D eigenvalue weighted by atomic mass is 79.9. The van der Waals surface area contributed by atoms with Crippen molar-refractivity contribution in [3.05, 3.63) is 50.6 Å². The lowest BCUT2D eigenvalue weighted by atomic mass is 10.1. The molecule has 1 aromatic heterocycles. The van der Waals surface area contributed by atoms with E-state index < -0.39 is 11.6 Å². The lowest BCUT2D eigenvalue weighted by Crippen LogP contribution is -2.13. The quantitative estimate of drug-likeness (QED) is 0.788. The van der Waals surface area contributed by atoms with Gasteiger partial charge in [0.1, 0.15) is 11.6 Å². The van der Waals surface area contributed by atoms with Gasteiger partial charge in [0.05, 0.1) is 11.7 Å². The summed E-state index contributed by atoms with van der Waals surface area (Å²) >= 11 is 4.88. The van der Waals surface area contributed by atoms with Crippen molar-refractivity contribution in [1.29, 1.82) is 0 Å². The Hall–Kier alpha value is -0.940. The first-order chi connectivity index (χ1) is 9.15. The summed E-state index contributed by atoms with van der Waals surface area (Å²) in [6, 6.07) is 6.34. The Labute approximate surface area is 122 Å². The van der Waals surface area contributed by atoms with Gasteiger partial charge in [-0.3, -0.25) is 0 Å². The lowest BCUT2D eigenvalue weighted by Gasteiger charge is -2.19. The molecule has 0 amide bonds. The van der Waals surface area contributed by atoms with Crippen LogP contribution in [0.2, 0.25) is 0 Å². The summed E-state index contributed by atoms with van der Waals surface area (Å²) in [4.78, 5) is 1.19. The average Bonchev–Trinajstić information content (AvgIpc) is 3.03. The Morgan fingerprint density at radius 3 is 2.68 bits per heavy atom. The van der Waals surface area contributed by atoms with Gasteiger partial charge in [-0.05, 0) is 52.2 Å². The molecule has 1 aromatic carbocycles. The van der Waals surface area contributed by atoms with Crippen LogP contribution in [0, 0.1) is 17.6 Å². The molecule has 0 spiro atoms. The molecule has 1 heterocycles. The van der Waals surface area contributed by atoms with Crippen molar-refractivity contribution in [2.24, 2.45) is 5.92 Å². The standard InChI is InChI=1S/C14H12BrF2NS/c15-10-6-9(16)7-11(17)14(10)18-13(8-3-4-8)12-2-1-5-19-12/h1-2,5-8,13,18H,3-4H2. The molecular weight excluding hydrogens is 332 g/mol. The van der Waals surface area contributed by atoms with E-state index >= 15 is 0 Å². The van der Waals surface area contributed by atoms with Gasteiger partial charge in [0.2, 0.25) is 0 Å². The first-order valence-electron chi connectivity index (χ1n) is 6.09. The van der Waals surface area contributed by atoms with E-state index in [1.54, 1.807) is 11.3 Å². The SMILES string of the molecule is Fc1cc(F)c(NC(c2cccs2)C2CC2)c(Br)c1. The molecule has 19 heavy (non-hydrogen) atoms. The molecule has 0 aliphatic heterocycles. The van der Waals surface area contributed by atoms with Gasteiger partial charge >= 0.3 is 0 Å². The Morgan fingerprint density at radius 1 is 1.32 bits per heavy atom. The van der Waals surface area contributed by atoms with Crippen LogP contribution in [-0.4, -0.2) is 0 Å². The first kappa shape index (κ1) is 13.1. The van der Waals surface area contributed by atoms with Crippen LogP contribution in [0.4, 0.5) is 14.5 Å². The van der Waals surface area contributed by atoms with Crippen molar-refractivity contribution in [2.45, 2.75) is 18.9 Å². The number of benzene rings is 1. The molecule has 1 aliphatic carbocycles. The van der Waals surface area contributed by atoms with Crippen LogP contribution in [-0.2, 0) is 0 Å². The molecule has 1 N–H and O–H groups in total. The lowest BCUT2D eigenvalue weighted by molar-refractivity contribution is 0.579. The van der Waals surface area contributed by atoms with Gasteiger partial charge in [0, 0.05) is 15.4 Å². The van der Waals surface area contributed by atoms with Crippen molar-refractivity contribution < 1.29 is 8.78 Å². The van der Waals surface area contributed by atoms with E-state index in [2.05, 4.69) is 27.3 Å². The van der Waals surface area contributed by atoms with E-state index in [1.807, 2.05) is 11.4 Å². The Kier molecular flexibility index (Phi) is 3.58. The molecule has 2 aromatic rings. The van der Waals surface area contributed by atoms with E-state index in [0.29, 0.717) is 16.1 Å². The van der Waals surface area contributed by atoms with Crippen LogP contribution >= 0.6 is 27.3 Å². The number of rotatable bonds is 4. The zero-order valence-electron chi connectivity index (χ0n) is 10.00. The number of halogens is 3. The Morgan fingerprint density at radius 2 is 2.11 bits per heavy atom. The fraction of sp³-hybridized carbons (Fsp3) is 0.286. The molecule has 0 bridgehead atoms. The predicted octanol–water partition coefficient (Wildman–Crippen LogP) is 5.35. The van der Waals surface area contributed by atoms with Gasteiger partial charge in [-0.15, -0.1) is 11.3 Å². The first-order valence-corrected chi connectivity index (χ1v) is 7.77. The zero-order valence-corrected chi connectivity index (χ0v) is 12.4. The highest BCUT2D eigenvalue weighted by molar-refractivity contribution is 9.10. The van der Waals surface area contributed by atoms with E-state index in [1.165, 1.54) is 10.9 Å². The van der Waals surface area contributed by atoms with Gasteiger partial charge in [0.25, 0.3) is 0 Å².